The number of rotatable bonds is 11. The summed E-state index contributed by atoms with van der Waals surface area (Å²) in [5, 5.41) is 6.29. The predicted octanol–water partition coefficient (Wildman–Crippen LogP) is 7.50. The van der Waals surface area contributed by atoms with Crippen LogP contribution in [0.15, 0.2) is 36.4 Å². The Hall–Kier alpha value is -2.62. The highest BCUT2D eigenvalue weighted by atomic mass is 16.2. The molecule has 2 fully saturated rings. The highest BCUT2D eigenvalue weighted by Gasteiger charge is 2.42. The first-order valence-electron chi connectivity index (χ1n) is 13.2. The Balaban J connectivity index is 1.35. The minimum absolute atomic E-state index is 0.167. The number of amides is 2. The van der Waals surface area contributed by atoms with Crippen molar-refractivity contribution in [2.24, 2.45) is 23.7 Å². The predicted molar refractivity (Wildman–Crippen MR) is 141 cm³/mol. The highest BCUT2D eigenvalue weighted by molar-refractivity contribution is 5.96. The summed E-state index contributed by atoms with van der Waals surface area (Å²) in [6.45, 7) is 8.50. The van der Waals surface area contributed by atoms with Crippen LogP contribution in [-0.4, -0.2) is 11.8 Å². The number of hydrogen-bond acceptors (Lipinski definition) is 2. The molecule has 2 amide bonds. The monoisotopic (exact) mass is 460 g/mol. The second kappa shape index (κ2) is 10.8. The smallest absolute Gasteiger partial charge is 0.227 e. The van der Waals surface area contributed by atoms with Gasteiger partial charge in [0.1, 0.15) is 0 Å². The van der Waals surface area contributed by atoms with Crippen LogP contribution >= 0.6 is 0 Å². The molecule has 2 aromatic carbocycles. The molecular formula is C30H40N2O2. The molecule has 4 rings (SSSR count). The lowest BCUT2D eigenvalue weighted by molar-refractivity contribution is -0.118. The molecule has 0 bridgehead atoms. The third kappa shape index (κ3) is 5.89. The summed E-state index contributed by atoms with van der Waals surface area (Å²) in [7, 11) is 0. The summed E-state index contributed by atoms with van der Waals surface area (Å²) in [4.78, 5) is 25.2. The SMILES string of the molecule is CCCCC1CC1C(=O)Nc1ccc(-c2ccc(NC(=O)C3CC3CCCC)c(C)c2)cc1C. The Morgan fingerprint density at radius 2 is 1.15 bits per heavy atom. The second-order valence-corrected chi connectivity index (χ2v) is 10.5. The lowest BCUT2D eigenvalue weighted by Crippen LogP contribution is -2.15. The topological polar surface area (TPSA) is 58.2 Å². The molecule has 4 atom stereocenters. The van der Waals surface area contributed by atoms with Crippen molar-refractivity contribution >= 4 is 23.2 Å². The van der Waals surface area contributed by atoms with Crippen molar-refractivity contribution in [2.75, 3.05) is 10.6 Å². The van der Waals surface area contributed by atoms with Gasteiger partial charge in [-0.1, -0.05) is 51.7 Å². The van der Waals surface area contributed by atoms with Gasteiger partial charge >= 0.3 is 0 Å². The fourth-order valence-corrected chi connectivity index (χ4v) is 5.13. The molecule has 34 heavy (non-hydrogen) atoms. The van der Waals surface area contributed by atoms with Crippen molar-refractivity contribution in [3.63, 3.8) is 0 Å². The normalized spacial score (nSPS) is 22.8. The van der Waals surface area contributed by atoms with Crippen molar-refractivity contribution in [1.29, 1.82) is 0 Å². The van der Waals surface area contributed by atoms with Gasteiger partial charge in [-0.25, -0.2) is 0 Å². The van der Waals surface area contributed by atoms with Crippen LogP contribution in [0.5, 0.6) is 0 Å². The summed E-state index contributed by atoms with van der Waals surface area (Å²) < 4.78 is 0. The summed E-state index contributed by atoms with van der Waals surface area (Å²) in [6, 6.07) is 12.4. The molecule has 0 aliphatic heterocycles. The van der Waals surface area contributed by atoms with Crippen molar-refractivity contribution in [2.45, 2.75) is 79.1 Å². The van der Waals surface area contributed by atoms with E-state index in [1.54, 1.807) is 0 Å². The highest BCUT2D eigenvalue weighted by Crippen LogP contribution is 2.44. The Morgan fingerprint density at radius 3 is 1.50 bits per heavy atom. The third-order valence-corrected chi connectivity index (χ3v) is 7.68. The number of nitrogens with one attached hydrogen (secondary N) is 2. The van der Waals surface area contributed by atoms with Gasteiger partial charge in [0.2, 0.25) is 11.8 Å². The van der Waals surface area contributed by atoms with E-state index in [2.05, 4.69) is 48.7 Å². The number of unbranched alkanes of at least 4 members (excludes halogenated alkanes) is 2. The largest absolute Gasteiger partial charge is 0.326 e. The molecule has 2 aromatic rings. The van der Waals surface area contributed by atoms with Gasteiger partial charge in [-0.2, -0.15) is 0 Å². The van der Waals surface area contributed by atoms with E-state index in [4.69, 9.17) is 0 Å². The quantitative estimate of drug-likeness (QED) is 0.365. The van der Waals surface area contributed by atoms with E-state index in [1.165, 1.54) is 38.5 Å². The number of hydrogen-bond donors (Lipinski definition) is 2. The Morgan fingerprint density at radius 1 is 0.735 bits per heavy atom. The summed E-state index contributed by atoms with van der Waals surface area (Å²) in [5.41, 5.74) is 6.17. The number of carbonyl (C=O) groups is 2. The van der Waals surface area contributed by atoms with E-state index in [0.717, 1.165) is 46.5 Å². The van der Waals surface area contributed by atoms with E-state index in [-0.39, 0.29) is 23.7 Å². The summed E-state index contributed by atoms with van der Waals surface area (Å²) >= 11 is 0. The van der Waals surface area contributed by atoms with E-state index in [9.17, 15) is 9.59 Å². The van der Waals surface area contributed by atoms with Gasteiger partial charge in [-0.3, -0.25) is 9.59 Å². The molecule has 0 spiro atoms. The number of carbonyl (C=O) groups excluding carboxylic acids is 2. The van der Waals surface area contributed by atoms with E-state index < -0.39 is 0 Å². The van der Waals surface area contributed by atoms with Crippen molar-refractivity contribution in [3.05, 3.63) is 47.5 Å². The molecule has 0 heterocycles. The van der Waals surface area contributed by atoms with E-state index >= 15 is 0 Å². The minimum Gasteiger partial charge on any atom is -0.326 e. The molecule has 4 unspecified atom stereocenters. The lowest BCUT2D eigenvalue weighted by Gasteiger charge is -2.13. The zero-order valence-corrected chi connectivity index (χ0v) is 21.2. The zero-order chi connectivity index (χ0) is 24.2. The molecule has 2 N–H and O–H groups in total. The maximum absolute atomic E-state index is 12.6. The third-order valence-electron chi connectivity index (χ3n) is 7.68. The average Bonchev–Trinajstić information content (AvgIpc) is 3.74. The van der Waals surface area contributed by atoms with Crippen LogP contribution < -0.4 is 10.6 Å². The Bertz CT molecular complexity index is 961. The van der Waals surface area contributed by atoms with E-state index in [1.807, 2.05) is 26.0 Å². The van der Waals surface area contributed by atoms with Crippen LogP contribution in [0, 0.1) is 37.5 Å². The summed E-state index contributed by atoms with van der Waals surface area (Å²) in [6.07, 6.45) is 9.21. The average molecular weight is 461 g/mol. The maximum Gasteiger partial charge on any atom is 0.227 e. The minimum atomic E-state index is 0.167. The number of benzene rings is 2. The standard InChI is InChI=1S/C30H40N2O2/c1-5-7-9-23-17-25(23)29(33)31-27-13-11-21(15-19(27)3)22-12-14-28(20(4)16-22)32-30(34)26-18-24(26)10-8-6-2/h11-16,23-26H,5-10,17-18H2,1-4H3,(H,31,33)(H,32,34). The van der Waals surface area contributed by atoms with Gasteiger partial charge in [0.25, 0.3) is 0 Å². The molecule has 182 valence electrons. The fourth-order valence-electron chi connectivity index (χ4n) is 5.13. The molecule has 0 radical (unpaired) electrons. The number of anilines is 2. The van der Waals surface area contributed by atoms with Gasteiger partial charge in [-0.05, 0) is 97.9 Å². The summed E-state index contributed by atoms with van der Waals surface area (Å²) in [5.74, 6) is 1.86. The Kier molecular flexibility index (Phi) is 7.75. The molecule has 2 aliphatic carbocycles. The van der Waals surface area contributed by atoms with Gasteiger partial charge < -0.3 is 10.6 Å². The van der Waals surface area contributed by atoms with Crippen LogP contribution in [0.4, 0.5) is 11.4 Å². The van der Waals surface area contributed by atoms with Crippen LogP contribution in [0.3, 0.4) is 0 Å². The fraction of sp³-hybridized carbons (Fsp3) is 0.533. The van der Waals surface area contributed by atoms with Gasteiger partial charge in [-0.15, -0.1) is 0 Å². The first-order valence-corrected chi connectivity index (χ1v) is 13.2. The lowest BCUT2D eigenvalue weighted by atomic mass is 9.99. The molecular weight excluding hydrogens is 420 g/mol. The van der Waals surface area contributed by atoms with Crippen molar-refractivity contribution in [1.82, 2.24) is 0 Å². The molecule has 2 saturated carbocycles. The first kappa shape index (κ1) is 24.5. The first-order chi connectivity index (χ1) is 16.4. The van der Waals surface area contributed by atoms with Crippen molar-refractivity contribution < 1.29 is 9.59 Å². The zero-order valence-electron chi connectivity index (χ0n) is 21.2. The van der Waals surface area contributed by atoms with Crippen LogP contribution in [-0.2, 0) is 9.59 Å². The second-order valence-electron chi connectivity index (χ2n) is 10.5. The van der Waals surface area contributed by atoms with Gasteiger partial charge in [0.05, 0.1) is 0 Å². The Labute approximate surface area is 204 Å². The molecule has 0 aromatic heterocycles. The van der Waals surface area contributed by atoms with Crippen LogP contribution in [0.25, 0.3) is 11.1 Å². The molecule has 0 saturated heterocycles. The van der Waals surface area contributed by atoms with Gasteiger partial charge in [0.15, 0.2) is 0 Å². The maximum atomic E-state index is 12.6. The van der Waals surface area contributed by atoms with Gasteiger partial charge in [0, 0.05) is 23.2 Å². The molecule has 2 aliphatic rings. The van der Waals surface area contributed by atoms with Crippen LogP contribution in [0.2, 0.25) is 0 Å². The molecule has 4 heteroatoms. The molecule has 4 nitrogen and oxygen atoms in total. The van der Waals surface area contributed by atoms with Crippen molar-refractivity contribution in [3.8, 4) is 11.1 Å². The van der Waals surface area contributed by atoms with E-state index in [0.29, 0.717) is 11.8 Å². The van der Waals surface area contributed by atoms with Crippen LogP contribution in [0.1, 0.15) is 76.3 Å². The number of aryl methyl sites for hydroxylation is 2.